The molecule has 142 valence electrons. The number of rotatable bonds is 19. The first-order valence-electron chi connectivity index (χ1n) is 10.4. The highest BCUT2D eigenvalue weighted by Crippen LogP contribution is 2.13. The van der Waals surface area contributed by atoms with Crippen LogP contribution in [0.4, 0.5) is 0 Å². The van der Waals surface area contributed by atoms with Crippen molar-refractivity contribution in [1.82, 2.24) is 0 Å². The SMILES string of the molecule is CCCCCCCCC(=O)CCCCCCCCCCCC(=O)O. The van der Waals surface area contributed by atoms with Crippen molar-refractivity contribution < 1.29 is 14.7 Å². The Bertz CT molecular complexity index is 299. The van der Waals surface area contributed by atoms with Crippen LogP contribution in [0.25, 0.3) is 0 Å². The van der Waals surface area contributed by atoms with Crippen molar-refractivity contribution in [3.05, 3.63) is 0 Å². The predicted molar refractivity (Wildman–Crippen MR) is 101 cm³/mol. The lowest BCUT2D eigenvalue weighted by atomic mass is 10.0. The molecule has 1 N–H and O–H groups in total. The summed E-state index contributed by atoms with van der Waals surface area (Å²) in [6, 6.07) is 0. The molecule has 0 saturated heterocycles. The number of carbonyl (C=O) groups excluding carboxylic acids is 1. The van der Waals surface area contributed by atoms with Crippen LogP contribution in [0, 0.1) is 0 Å². The van der Waals surface area contributed by atoms with Gasteiger partial charge in [-0.25, -0.2) is 0 Å². The highest BCUT2D eigenvalue weighted by molar-refractivity contribution is 5.78. The van der Waals surface area contributed by atoms with Crippen molar-refractivity contribution in [1.29, 1.82) is 0 Å². The second-order valence-electron chi connectivity index (χ2n) is 7.13. The number of carbonyl (C=O) groups is 2. The van der Waals surface area contributed by atoms with E-state index >= 15 is 0 Å². The maximum absolute atomic E-state index is 11.8. The lowest BCUT2D eigenvalue weighted by molar-refractivity contribution is -0.137. The molecular weight excluding hydrogens is 300 g/mol. The zero-order valence-electron chi connectivity index (χ0n) is 16.0. The van der Waals surface area contributed by atoms with Gasteiger partial charge in [0.25, 0.3) is 0 Å². The number of ketones is 1. The largest absolute Gasteiger partial charge is 0.481 e. The van der Waals surface area contributed by atoms with Gasteiger partial charge in [0.2, 0.25) is 0 Å². The van der Waals surface area contributed by atoms with E-state index in [1.54, 1.807) is 0 Å². The molecule has 0 aliphatic carbocycles. The van der Waals surface area contributed by atoms with Crippen molar-refractivity contribution >= 4 is 11.8 Å². The van der Waals surface area contributed by atoms with E-state index in [1.165, 1.54) is 64.2 Å². The summed E-state index contributed by atoms with van der Waals surface area (Å²) in [5, 5.41) is 8.54. The van der Waals surface area contributed by atoms with E-state index in [0.717, 1.165) is 44.9 Å². The highest BCUT2D eigenvalue weighted by atomic mass is 16.4. The van der Waals surface area contributed by atoms with Gasteiger partial charge in [-0.15, -0.1) is 0 Å². The Morgan fingerprint density at radius 1 is 0.542 bits per heavy atom. The molecule has 3 nitrogen and oxygen atoms in total. The van der Waals surface area contributed by atoms with Crippen LogP contribution in [-0.2, 0) is 9.59 Å². The fraction of sp³-hybridized carbons (Fsp3) is 0.905. The van der Waals surface area contributed by atoms with E-state index in [4.69, 9.17) is 5.11 Å². The van der Waals surface area contributed by atoms with Crippen LogP contribution < -0.4 is 0 Å². The van der Waals surface area contributed by atoms with Crippen molar-refractivity contribution in [2.24, 2.45) is 0 Å². The molecule has 0 rings (SSSR count). The van der Waals surface area contributed by atoms with Crippen molar-refractivity contribution in [2.75, 3.05) is 0 Å². The fourth-order valence-electron chi connectivity index (χ4n) is 3.06. The molecule has 0 unspecified atom stereocenters. The lowest BCUT2D eigenvalue weighted by Gasteiger charge is -2.03. The zero-order valence-corrected chi connectivity index (χ0v) is 16.0. The van der Waals surface area contributed by atoms with E-state index in [-0.39, 0.29) is 0 Å². The van der Waals surface area contributed by atoms with Crippen LogP contribution in [0.5, 0.6) is 0 Å². The number of aliphatic carboxylic acids is 1. The Kier molecular flexibility index (Phi) is 17.8. The van der Waals surface area contributed by atoms with Gasteiger partial charge in [-0.05, 0) is 19.3 Å². The molecule has 24 heavy (non-hydrogen) atoms. The van der Waals surface area contributed by atoms with Gasteiger partial charge in [0.15, 0.2) is 0 Å². The van der Waals surface area contributed by atoms with Crippen molar-refractivity contribution in [3.63, 3.8) is 0 Å². The summed E-state index contributed by atoms with van der Waals surface area (Å²) in [6.07, 6.45) is 19.6. The van der Waals surface area contributed by atoms with Crippen LogP contribution in [-0.4, -0.2) is 16.9 Å². The monoisotopic (exact) mass is 340 g/mol. The molecule has 0 bridgehead atoms. The topological polar surface area (TPSA) is 54.4 Å². The third-order valence-corrected chi connectivity index (χ3v) is 4.66. The molecule has 0 aromatic heterocycles. The first kappa shape index (κ1) is 23.1. The Morgan fingerprint density at radius 2 is 0.875 bits per heavy atom. The Balaban J connectivity index is 3.15. The van der Waals surface area contributed by atoms with E-state index in [1.807, 2.05) is 0 Å². The minimum Gasteiger partial charge on any atom is -0.481 e. The standard InChI is InChI=1S/C21H40O3/c1-2-3-4-5-11-14-17-20(22)18-15-12-9-7-6-8-10-13-16-19-21(23)24/h2-19H2,1H3,(H,23,24). The average molecular weight is 341 g/mol. The Morgan fingerprint density at radius 3 is 1.25 bits per heavy atom. The van der Waals surface area contributed by atoms with Crippen LogP contribution >= 0.6 is 0 Å². The summed E-state index contributed by atoms with van der Waals surface area (Å²) in [7, 11) is 0. The molecule has 0 aliphatic heterocycles. The Labute approximate surface area is 149 Å². The van der Waals surface area contributed by atoms with E-state index < -0.39 is 5.97 Å². The Hall–Kier alpha value is -0.860. The maximum atomic E-state index is 11.8. The van der Waals surface area contributed by atoms with Crippen LogP contribution in [0.3, 0.4) is 0 Å². The van der Waals surface area contributed by atoms with E-state index in [0.29, 0.717) is 12.2 Å². The molecule has 0 aliphatic rings. The number of unbranched alkanes of at least 4 members (excludes halogenated alkanes) is 13. The molecule has 0 fully saturated rings. The molecule has 0 aromatic rings. The fourth-order valence-corrected chi connectivity index (χ4v) is 3.06. The molecule has 3 heteroatoms. The second kappa shape index (κ2) is 18.5. The van der Waals surface area contributed by atoms with Gasteiger partial charge >= 0.3 is 5.97 Å². The van der Waals surface area contributed by atoms with Gasteiger partial charge in [0.05, 0.1) is 0 Å². The quantitative estimate of drug-likeness (QED) is 0.267. The van der Waals surface area contributed by atoms with Crippen molar-refractivity contribution in [2.45, 2.75) is 122 Å². The maximum Gasteiger partial charge on any atom is 0.303 e. The van der Waals surface area contributed by atoms with Crippen molar-refractivity contribution in [3.8, 4) is 0 Å². The summed E-state index contributed by atoms with van der Waals surface area (Å²) >= 11 is 0. The molecule has 0 radical (unpaired) electrons. The molecule has 0 spiro atoms. The normalized spacial score (nSPS) is 10.9. The van der Waals surface area contributed by atoms with Crippen LogP contribution in [0.15, 0.2) is 0 Å². The average Bonchev–Trinajstić information content (AvgIpc) is 2.55. The van der Waals surface area contributed by atoms with Gasteiger partial charge in [-0.3, -0.25) is 9.59 Å². The zero-order chi connectivity index (χ0) is 17.9. The van der Waals surface area contributed by atoms with Crippen LogP contribution in [0.1, 0.15) is 122 Å². The number of carboxylic acid groups (broad SMARTS) is 1. The summed E-state index contributed by atoms with van der Waals surface area (Å²) < 4.78 is 0. The number of hydrogen-bond donors (Lipinski definition) is 1. The number of Topliss-reactive ketones (excluding diaryl/α,β-unsaturated/α-hetero) is 1. The summed E-state index contributed by atoms with van der Waals surface area (Å²) in [5.74, 6) is -0.218. The molecule has 0 aromatic carbocycles. The third-order valence-electron chi connectivity index (χ3n) is 4.66. The lowest BCUT2D eigenvalue weighted by Crippen LogP contribution is -1.97. The van der Waals surface area contributed by atoms with Gasteiger partial charge in [-0.1, -0.05) is 84.0 Å². The van der Waals surface area contributed by atoms with E-state index in [9.17, 15) is 9.59 Å². The molecule has 0 saturated carbocycles. The number of carboxylic acids is 1. The van der Waals surface area contributed by atoms with E-state index in [2.05, 4.69) is 6.92 Å². The summed E-state index contributed by atoms with van der Waals surface area (Å²) in [6.45, 7) is 2.23. The number of hydrogen-bond acceptors (Lipinski definition) is 2. The van der Waals surface area contributed by atoms with Gasteiger partial charge in [-0.2, -0.15) is 0 Å². The predicted octanol–water partition coefficient (Wildman–Crippen LogP) is 6.68. The highest BCUT2D eigenvalue weighted by Gasteiger charge is 2.02. The van der Waals surface area contributed by atoms with Gasteiger partial charge in [0, 0.05) is 19.3 Å². The van der Waals surface area contributed by atoms with Gasteiger partial charge < -0.3 is 5.11 Å². The summed E-state index contributed by atoms with van der Waals surface area (Å²) in [4.78, 5) is 22.1. The smallest absolute Gasteiger partial charge is 0.303 e. The summed E-state index contributed by atoms with van der Waals surface area (Å²) in [5.41, 5.74) is 0. The second-order valence-corrected chi connectivity index (χ2v) is 7.13. The minimum absolute atomic E-state index is 0.312. The molecule has 0 atom stereocenters. The first-order valence-corrected chi connectivity index (χ1v) is 10.4. The first-order chi connectivity index (χ1) is 11.7. The third kappa shape index (κ3) is 19.2. The van der Waals surface area contributed by atoms with Crippen LogP contribution in [0.2, 0.25) is 0 Å². The molecule has 0 amide bonds. The molecular formula is C21H40O3. The van der Waals surface area contributed by atoms with Gasteiger partial charge in [0.1, 0.15) is 5.78 Å². The molecule has 0 heterocycles. The minimum atomic E-state index is -0.680.